The van der Waals surface area contributed by atoms with Crippen molar-refractivity contribution in [3.8, 4) is 0 Å². The van der Waals surface area contributed by atoms with Gasteiger partial charge in [0.25, 0.3) is 0 Å². The van der Waals surface area contributed by atoms with Crippen LogP contribution in [0.15, 0.2) is 23.1 Å². The second-order valence-corrected chi connectivity index (χ2v) is 5.55. The second kappa shape index (κ2) is 9.39. The molecule has 0 atom stereocenters. The third-order valence-electron chi connectivity index (χ3n) is 2.77. The Labute approximate surface area is 127 Å². The van der Waals surface area contributed by atoms with Gasteiger partial charge in [0.15, 0.2) is 0 Å². The van der Waals surface area contributed by atoms with Crippen LogP contribution in [0.25, 0.3) is 0 Å². The van der Waals surface area contributed by atoms with E-state index < -0.39 is 11.8 Å². The number of esters is 1. The predicted molar refractivity (Wildman–Crippen MR) is 79.2 cm³/mol. The monoisotopic (exact) mass is 314 g/mol. The quantitative estimate of drug-likeness (QED) is 0.427. The van der Waals surface area contributed by atoms with Crippen LogP contribution in [0.2, 0.25) is 0 Å². The smallest absolute Gasteiger partial charge is 0.335 e. The summed E-state index contributed by atoms with van der Waals surface area (Å²) >= 11 is 1.29. The molecule has 0 radical (unpaired) electrons. The first-order valence-electron chi connectivity index (χ1n) is 6.86. The topological polar surface area (TPSA) is 63.6 Å². The Morgan fingerprint density at radius 3 is 2.71 bits per heavy atom. The molecule has 0 bridgehead atoms. The van der Waals surface area contributed by atoms with Crippen molar-refractivity contribution in [1.29, 1.82) is 0 Å². The van der Waals surface area contributed by atoms with Crippen molar-refractivity contribution in [2.75, 3.05) is 12.4 Å². The van der Waals surface area contributed by atoms with Crippen molar-refractivity contribution in [2.45, 2.75) is 37.5 Å². The summed E-state index contributed by atoms with van der Waals surface area (Å²) in [5, 5.41) is 8.86. The molecule has 0 fully saturated rings. The van der Waals surface area contributed by atoms with Crippen LogP contribution in [0, 0.1) is 5.82 Å². The zero-order valence-electron chi connectivity index (χ0n) is 11.9. The number of carbonyl (C=O) groups excluding carboxylic acids is 1. The average Bonchev–Trinajstić information content (AvgIpc) is 2.44. The number of carboxylic acids is 1. The van der Waals surface area contributed by atoms with Gasteiger partial charge in [-0.2, -0.15) is 0 Å². The number of benzene rings is 1. The summed E-state index contributed by atoms with van der Waals surface area (Å²) < 4.78 is 18.3. The van der Waals surface area contributed by atoms with Crippen molar-refractivity contribution in [2.24, 2.45) is 0 Å². The molecule has 0 spiro atoms. The van der Waals surface area contributed by atoms with Crippen LogP contribution in [0.5, 0.6) is 0 Å². The molecule has 0 saturated heterocycles. The van der Waals surface area contributed by atoms with E-state index in [-0.39, 0.29) is 11.5 Å². The lowest BCUT2D eigenvalue weighted by Gasteiger charge is -2.05. The molecule has 1 aromatic rings. The fourth-order valence-electron chi connectivity index (χ4n) is 1.71. The highest BCUT2D eigenvalue weighted by Gasteiger charge is 2.08. The Hall–Kier alpha value is -1.56. The Kier molecular flexibility index (Phi) is 7.82. The molecule has 0 aliphatic carbocycles. The summed E-state index contributed by atoms with van der Waals surface area (Å²) in [5.41, 5.74) is 0.0845. The van der Waals surface area contributed by atoms with Crippen molar-refractivity contribution < 1.29 is 23.8 Å². The molecule has 0 aliphatic rings. The minimum Gasteiger partial charge on any atom is -0.478 e. The lowest BCUT2D eigenvalue weighted by molar-refractivity contribution is -0.143. The number of aromatic carboxylic acids is 1. The Morgan fingerprint density at radius 2 is 2.05 bits per heavy atom. The maximum absolute atomic E-state index is 13.5. The van der Waals surface area contributed by atoms with Crippen molar-refractivity contribution in [1.82, 2.24) is 0 Å². The van der Waals surface area contributed by atoms with Crippen LogP contribution in [-0.4, -0.2) is 29.4 Å². The minimum absolute atomic E-state index is 0.0845. The molecule has 6 heteroatoms. The van der Waals surface area contributed by atoms with E-state index in [0.717, 1.165) is 19.3 Å². The van der Waals surface area contributed by atoms with Crippen LogP contribution in [0.1, 0.15) is 43.0 Å². The normalized spacial score (nSPS) is 10.4. The van der Waals surface area contributed by atoms with Gasteiger partial charge in [-0.1, -0.05) is 6.42 Å². The van der Waals surface area contributed by atoms with Gasteiger partial charge >= 0.3 is 11.9 Å². The fraction of sp³-hybridized carbons (Fsp3) is 0.467. The van der Waals surface area contributed by atoms with Gasteiger partial charge in [-0.15, -0.1) is 11.8 Å². The highest BCUT2D eigenvalue weighted by atomic mass is 32.2. The van der Waals surface area contributed by atoms with Crippen LogP contribution < -0.4 is 0 Å². The molecule has 0 saturated carbocycles. The summed E-state index contributed by atoms with van der Waals surface area (Å²) in [6, 6.07) is 3.77. The van der Waals surface area contributed by atoms with Crippen molar-refractivity contribution in [3.63, 3.8) is 0 Å². The summed E-state index contributed by atoms with van der Waals surface area (Å²) in [4.78, 5) is 22.3. The van der Waals surface area contributed by atoms with E-state index in [4.69, 9.17) is 9.84 Å². The molecule has 0 unspecified atom stereocenters. The molecular formula is C15H19FO4S. The maximum atomic E-state index is 13.5. The molecule has 4 nitrogen and oxygen atoms in total. The van der Waals surface area contributed by atoms with Crippen LogP contribution >= 0.6 is 11.8 Å². The maximum Gasteiger partial charge on any atom is 0.335 e. The van der Waals surface area contributed by atoms with Gasteiger partial charge in [0.05, 0.1) is 12.2 Å². The van der Waals surface area contributed by atoms with E-state index in [2.05, 4.69) is 0 Å². The summed E-state index contributed by atoms with van der Waals surface area (Å²) in [5.74, 6) is -0.976. The molecule has 0 amide bonds. The van der Waals surface area contributed by atoms with Crippen LogP contribution in [-0.2, 0) is 9.53 Å². The predicted octanol–water partition coefficient (Wildman–Crippen LogP) is 3.74. The van der Waals surface area contributed by atoms with Gasteiger partial charge in [-0.3, -0.25) is 4.79 Å². The van der Waals surface area contributed by atoms with Crippen molar-refractivity contribution in [3.05, 3.63) is 29.6 Å². The highest BCUT2D eigenvalue weighted by Crippen LogP contribution is 2.24. The number of carbonyl (C=O) groups is 2. The number of unbranched alkanes of at least 4 members (excludes halogenated alkanes) is 2. The summed E-state index contributed by atoms with van der Waals surface area (Å²) in [6.07, 6.45) is 2.84. The Morgan fingerprint density at radius 1 is 1.29 bits per heavy atom. The van der Waals surface area contributed by atoms with Gasteiger partial charge in [0.1, 0.15) is 5.82 Å². The van der Waals surface area contributed by atoms with E-state index >= 15 is 0 Å². The Bertz CT molecular complexity index is 491. The fourth-order valence-corrected chi connectivity index (χ4v) is 2.70. The standard InChI is InChI=1S/C15H19FO4S/c1-2-20-14(17)6-4-3-5-9-21-13-10-11(15(18)19)7-8-12(13)16/h7-8,10H,2-6,9H2,1H3,(H,18,19). The molecule has 0 aliphatic heterocycles. The number of ether oxygens (including phenoxy) is 1. The zero-order valence-corrected chi connectivity index (χ0v) is 12.7. The molecular weight excluding hydrogens is 295 g/mol. The van der Waals surface area contributed by atoms with Gasteiger partial charge < -0.3 is 9.84 Å². The summed E-state index contributed by atoms with van der Waals surface area (Å²) in [7, 11) is 0. The minimum atomic E-state index is -1.06. The van der Waals surface area contributed by atoms with Crippen molar-refractivity contribution >= 4 is 23.7 Å². The highest BCUT2D eigenvalue weighted by molar-refractivity contribution is 7.99. The molecule has 0 heterocycles. The molecule has 1 aromatic carbocycles. The number of thioether (sulfide) groups is 1. The summed E-state index contributed by atoms with van der Waals surface area (Å²) in [6.45, 7) is 2.17. The van der Waals surface area contributed by atoms with Gasteiger partial charge in [0, 0.05) is 11.3 Å². The van der Waals surface area contributed by atoms with Crippen LogP contribution in [0.4, 0.5) is 4.39 Å². The number of rotatable bonds is 9. The van der Waals surface area contributed by atoms with Gasteiger partial charge in [0.2, 0.25) is 0 Å². The van der Waals surface area contributed by atoms with Gasteiger partial charge in [-0.05, 0) is 43.7 Å². The van der Waals surface area contributed by atoms with Gasteiger partial charge in [-0.25, -0.2) is 9.18 Å². The zero-order chi connectivity index (χ0) is 15.7. The molecule has 1 rings (SSSR count). The van der Waals surface area contributed by atoms with E-state index in [1.807, 2.05) is 0 Å². The lowest BCUT2D eigenvalue weighted by atomic mass is 10.2. The third-order valence-corrected chi connectivity index (χ3v) is 3.88. The lowest BCUT2D eigenvalue weighted by Crippen LogP contribution is -2.03. The van der Waals surface area contributed by atoms with E-state index in [1.54, 1.807) is 6.92 Å². The second-order valence-electron chi connectivity index (χ2n) is 4.41. The largest absolute Gasteiger partial charge is 0.478 e. The number of hydrogen-bond acceptors (Lipinski definition) is 4. The van der Waals surface area contributed by atoms with E-state index in [1.165, 1.54) is 30.0 Å². The number of hydrogen-bond donors (Lipinski definition) is 1. The molecule has 0 aromatic heterocycles. The first-order chi connectivity index (χ1) is 10.0. The molecule has 116 valence electrons. The SMILES string of the molecule is CCOC(=O)CCCCCSc1cc(C(=O)O)ccc1F. The third kappa shape index (κ3) is 6.62. The number of halogens is 1. The average molecular weight is 314 g/mol. The van der Waals surface area contributed by atoms with E-state index in [9.17, 15) is 14.0 Å². The number of carboxylic acid groups (broad SMARTS) is 1. The molecule has 21 heavy (non-hydrogen) atoms. The van der Waals surface area contributed by atoms with Crippen LogP contribution in [0.3, 0.4) is 0 Å². The van der Waals surface area contributed by atoms with E-state index in [0.29, 0.717) is 23.7 Å². The first kappa shape index (κ1) is 17.5. The first-order valence-corrected chi connectivity index (χ1v) is 7.84. The Balaban J connectivity index is 2.28. The molecule has 1 N–H and O–H groups in total.